The Morgan fingerprint density at radius 2 is 2.29 bits per heavy atom. The molecule has 1 aliphatic rings. The van der Waals surface area contributed by atoms with Crippen molar-refractivity contribution < 1.29 is 9.53 Å². The summed E-state index contributed by atoms with van der Waals surface area (Å²) < 4.78 is 5.48. The molecule has 1 amide bonds. The van der Waals surface area contributed by atoms with Crippen LogP contribution >= 0.6 is 24.0 Å². The monoisotopic (exact) mass is 332 g/mol. The highest BCUT2D eigenvalue weighted by atomic mass is 35.5. The minimum Gasteiger partial charge on any atom is -0.377 e. The van der Waals surface area contributed by atoms with E-state index in [2.05, 4.69) is 10.6 Å². The van der Waals surface area contributed by atoms with Crippen LogP contribution in [0.5, 0.6) is 0 Å². The van der Waals surface area contributed by atoms with Crippen molar-refractivity contribution in [2.45, 2.75) is 25.4 Å². The highest BCUT2D eigenvalue weighted by Gasteiger charge is 2.14. The van der Waals surface area contributed by atoms with Crippen LogP contribution in [-0.2, 0) is 16.0 Å². The van der Waals surface area contributed by atoms with Gasteiger partial charge in [0.25, 0.3) is 0 Å². The van der Waals surface area contributed by atoms with Crippen molar-refractivity contribution in [2.24, 2.45) is 0 Å². The van der Waals surface area contributed by atoms with E-state index in [1.54, 1.807) is 0 Å². The molecule has 118 valence electrons. The number of amides is 1. The SMILES string of the molecule is Cl.O=C(CNCC1CCCO1)NCCc1cccc(Cl)c1. The third-order valence-corrected chi connectivity index (χ3v) is 3.54. The maximum Gasteiger partial charge on any atom is 0.233 e. The van der Waals surface area contributed by atoms with Crippen molar-refractivity contribution in [3.63, 3.8) is 0 Å². The van der Waals surface area contributed by atoms with Crippen LogP contribution < -0.4 is 10.6 Å². The molecule has 1 aromatic rings. The van der Waals surface area contributed by atoms with Crippen LogP contribution in [-0.4, -0.2) is 38.3 Å². The normalized spacial score (nSPS) is 17.3. The lowest BCUT2D eigenvalue weighted by molar-refractivity contribution is -0.120. The molecule has 1 atom stereocenters. The van der Waals surface area contributed by atoms with E-state index in [0.717, 1.165) is 43.0 Å². The van der Waals surface area contributed by atoms with E-state index in [0.29, 0.717) is 13.1 Å². The number of halogens is 2. The summed E-state index contributed by atoms with van der Waals surface area (Å²) in [5, 5.41) is 6.75. The van der Waals surface area contributed by atoms with Crippen molar-refractivity contribution in [3.05, 3.63) is 34.9 Å². The van der Waals surface area contributed by atoms with Gasteiger partial charge < -0.3 is 15.4 Å². The molecule has 1 fully saturated rings. The number of hydrogen-bond donors (Lipinski definition) is 2. The number of hydrogen-bond acceptors (Lipinski definition) is 3. The van der Waals surface area contributed by atoms with Gasteiger partial charge in [0, 0.05) is 24.7 Å². The lowest BCUT2D eigenvalue weighted by Gasteiger charge is -2.10. The van der Waals surface area contributed by atoms with Crippen LogP contribution in [0.2, 0.25) is 5.02 Å². The van der Waals surface area contributed by atoms with E-state index >= 15 is 0 Å². The van der Waals surface area contributed by atoms with Gasteiger partial charge in [-0.05, 0) is 37.0 Å². The summed E-state index contributed by atoms with van der Waals surface area (Å²) in [5.41, 5.74) is 1.13. The number of carbonyl (C=O) groups is 1. The largest absolute Gasteiger partial charge is 0.377 e. The summed E-state index contributed by atoms with van der Waals surface area (Å²) in [4.78, 5) is 11.6. The number of nitrogens with one attached hydrogen (secondary N) is 2. The fraction of sp³-hybridized carbons (Fsp3) is 0.533. The van der Waals surface area contributed by atoms with E-state index < -0.39 is 0 Å². The Kier molecular flexibility index (Phi) is 8.69. The van der Waals surface area contributed by atoms with Crippen LogP contribution in [0.25, 0.3) is 0 Å². The molecule has 6 heteroatoms. The minimum absolute atomic E-state index is 0. The highest BCUT2D eigenvalue weighted by Crippen LogP contribution is 2.11. The molecule has 2 N–H and O–H groups in total. The first kappa shape index (κ1) is 18.2. The molecule has 1 aliphatic heterocycles. The molecule has 0 aromatic heterocycles. The van der Waals surface area contributed by atoms with Crippen molar-refractivity contribution in [2.75, 3.05) is 26.2 Å². The predicted molar refractivity (Wildman–Crippen MR) is 87.3 cm³/mol. The Labute approximate surface area is 137 Å². The van der Waals surface area contributed by atoms with Crippen LogP contribution in [0.15, 0.2) is 24.3 Å². The zero-order valence-electron chi connectivity index (χ0n) is 11.9. The Morgan fingerprint density at radius 3 is 3.00 bits per heavy atom. The third-order valence-electron chi connectivity index (χ3n) is 3.31. The van der Waals surface area contributed by atoms with Crippen LogP contribution in [0.4, 0.5) is 0 Å². The molecule has 2 rings (SSSR count). The number of rotatable bonds is 7. The summed E-state index contributed by atoms with van der Waals surface area (Å²) >= 11 is 5.91. The number of carbonyl (C=O) groups excluding carboxylic acids is 1. The van der Waals surface area contributed by atoms with E-state index in [1.807, 2.05) is 24.3 Å². The zero-order valence-corrected chi connectivity index (χ0v) is 13.5. The van der Waals surface area contributed by atoms with Crippen LogP contribution in [0.3, 0.4) is 0 Å². The molecule has 1 aromatic carbocycles. The zero-order chi connectivity index (χ0) is 14.2. The van der Waals surface area contributed by atoms with Crippen LogP contribution in [0, 0.1) is 0 Å². The quantitative estimate of drug-likeness (QED) is 0.804. The van der Waals surface area contributed by atoms with Gasteiger partial charge >= 0.3 is 0 Å². The minimum atomic E-state index is 0. The van der Waals surface area contributed by atoms with Gasteiger partial charge in [-0.3, -0.25) is 4.79 Å². The van der Waals surface area contributed by atoms with E-state index in [-0.39, 0.29) is 24.4 Å². The third kappa shape index (κ3) is 7.14. The molecular formula is C15H22Cl2N2O2. The average molecular weight is 333 g/mol. The molecule has 0 saturated carbocycles. The van der Waals surface area contributed by atoms with Gasteiger partial charge in [0.2, 0.25) is 5.91 Å². The van der Waals surface area contributed by atoms with Gasteiger partial charge in [0.05, 0.1) is 12.6 Å². The van der Waals surface area contributed by atoms with E-state index in [1.165, 1.54) is 0 Å². The number of benzene rings is 1. The van der Waals surface area contributed by atoms with Crippen molar-refractivity contribution >= 4 is 29.9 Å². The highest BCUT2D eigenvalue weighted by molar-refractivity contribution is 6.30. The smallest absolute Gasteiger partial charge is 0.233 e. The molecule has 0 aliphatic carbocycles. The van der Waals surface area contributed by atoms with Crippen molar-refractivity contribution in [3.8, 4) is 0 Å². The Morgan fingerprint density at radius 1 is 1.43 bits per heavy atom. The first-order valence-corrected chi connectivity index (χ1v) is 7.45. The van der Waals surface area contributed by atoms with Gasteiger partial charge in [-0.1, -0.05) is 23.7 Å². The maximum absolute atomic E-state index is 11.6. The molecule has 1 saturated heterocycles. The Balaban J connectivity index is 0.00000220. The molecule has 0 spiro atoms. The molecule has 21 heavy (non-hydrogen) atoms. The van der Waals surface area contributed by atoms with Gasteiger partial charge in [-0.25, -0.2) is 0 Å². The summed E-state index contributed by atoms with van der Waals surface area (Å²) in [6.07, 6.45) is 3.27. The Bertz CT molecular complexity index is 437. The van der Waals surface area contributed by atoms with Crippen molar-refractivity contribution in [1.29, 1.82) is 0 Å². The average Bonchev–Trinajstić information content (AvgIpc) is 2.92. The molecular weight excluding hydrogens is 311 g/mol. The topological polar surface area (TPSA) is 50.4 Å². The summed E-state index contributed by atoms with van der Waals surface area (Å²) in [5.74, 6) is 0.0185. The Hall–Kier alpha value is -0.810. The lowest BCUT2D eigenvalue weighted by Crippen LogP contribution is -2.37. The van der Waals surface area contributed by atoms with Gasteiger partial charge in [0.15, 0.2) is 0 Å². The van der Waals surface area contributed by atoms with Gasteiger partial charge in [-0.15, -0.1) is 12.4 Å². The molecule has 0 radical (unpaired) electrons. The van der Waals surface area contributed by atoms with Crippen LogP contribution in [0.1, 0.15) is 18.4 Å². The molecule has 0 bridgehead atoms. The lowest BCUT2D eigenvalue weighted by atomic mass is 10.1. The van der Waals surface area contributed by atoms with E-state index in [4.69, 9.17) is 16.3 Å². The summed E-state index contributed by atoms with van der Waals surface area (Å²) in [7, 11) is 0. The second-order valence-corrected chi connectivity index (χ2v) is 5.43. The summed E-state index contributed by atoms with van der Waals surface area (Å²) in [6, 6.07) is 7.69. The first-order valence-electron chi connectivity index (χ1n) is 7.07. The molecule has 4 nitrogen and oxygen atoms in total. The standard InChI is InChI=1S/C15H21ClN2O2.ClH/c16-13-4-1-3-12(9-13)6-7-18-15(19)11-17-10-14-5-2-8-20-14;/h1,3-4,9,14,17H,2,5-8,10-11H2,(H,18,19);1H. The molecule has 1 heterocycles. The van der Waals surface area contributed by atoms with Gasteiger partial charge in [0.1, 0.15) is 0 Å². The van der Waals surface area contributed by atoms with E-state index in [9.17, 15) is 4.79 Å². The first-order chi connectivity index (χ1) is 9.74. The fourth-order valence-electron chi connectivity index (χ4n) is 2.25. The second-order valence-electron chi connectivity index (χ2n) is 5.00. The predicted octanol–water partition coefficient (Wildman–Crippen LogP) is 2.19. The number of ether oxygens (including phenoxy) is 1. The maximum atomic E-state index is 11.6. The molecule has 1 unspecified atom stereocenters. The van der Waals surface area contributed by atoms with Gasteiger partial charge in [-0.2, -0.15) is 0 Å². The second kappa shape index (κ2) is 10.0. The summed E-state index contributed by atoms with van der Waals surface area (Å²) in [6.45, 7) is 2.57. The fourth-order valence-corrected chi connectivity index (χ4v) is 2.47. The van der Waals surface area contributed by atoms with Crippen molar-refractivity contribution in [1.82, 2.24) is 10.6 Å².